The number of benzene rings is 1. The van der Waals surface area contributed by atoms with Crippen molar-refractivity contribution in [3.8, 4) is 5.75 Å². The molecule has 0 aliphatic carbocycles. The third-order valence-corrected chi connectivity index (χ3v) is 3.71. The second-order valence-corrected chi connectivity index (χ2v) is 5.21. The molecular weight excluding hydrogens is 245 g/mol. The maximum absolute atomic E-state index is 13.5. The van der Waals surface area contributed by atoms with Crippen LogP contribution in [0.4, 0.5) is 4.39 Å². The topological polar surface area (TPSA) is 29.5 Å². The van der Waals surface area contributed by atoms with Crippen LogP contribution in [0.3, 0.4) is 0 Å². The summed E-state index contributed by atoms with van der Waals surface area (Å²) in [7, 11) is 1.43. The van der Waals surface area contributed by atoms with E-state index in [1.54, 1.807) is 12.1 Å². The average Bonchev–Trinajstić information content (AvgIpc) is 2.39. The van der Waals surface area contributed by atoms with Gasteiger partial charge in [-0.25, -0.2) is 4.39 Å². The first-order chi connectivity index (χ1) is 9.10. The number of halogens is 1. The fraction of sp³-hybridized carbons (Fsp3) is 0.533. The fourth-order valence-corrected chi connectivity index (χ4v) is 2.36. The molecule has 1 aliphatic rings. The van der Waals surface area contributed by atoms with Gasteiger partial charge in [-0.3, -0.25) is 4.79 Å². The van der Waals surface area contributed by atoms with Gasteiger partial charge in [-0.05, 0) is 36.5 Å². The van der Waals surface area contributed by atoms with Crippen molar-refractivity contribution in [3.05, 3.63) is 29.6 Å². The second-order valence-electron chi connectivity index (χ2n) is 5.21. The zero-order valence-corrected chi connectivity index (χ0v) is 11.5. The number of nitrogens with zero attached hydrogens (tertiary/aromatic N) is 1. The van der Waals surface area contributed by atoms with Gasteiger partial charge in [0.15, 0.2) is 11.6 Å². The maximum atomic E-state index is 13.5. The van der Waals surface area contributed by atoms with Gasteiger partial charge < -0.3 is 9.64 Å². The van der Waals surface area contributed by atoms with Crippen molar-refractivity contribution >= 4 is 5.91 Å². The van der Waals surface area contributed by atoms with Gasteiger partial charge in [0.2, 0.25) is 5.91 Å². The van der Waals surface area contributed by atoms with E-state index in [2.05, 4.69) is 6.92 Å². The number of methoxy groups -OCH3 is 1. The predicted molar refractivity (Wildman–Crippen MR) is 71.6 cm³/mol. The molecule has 0 saturated carbocycles. The average molecular weight is 265 g/mol. The third-order valence-electron chi connectivity index (χ3n) is 3.71. The van der Waals surface area contributed by atoms with Gasteiger partial charge in [0.1, 0.15) is 0 Å². The molecule has 19 heavy (non-hydrogen) atoms. The minimum atomic E-state index is -0.417. The normalized spacial score (nSPS) is 16.5. The standard InChI is InChI=1S/C15H20FNO2/c1-11-5-7-17(8-6-11)15(18)10-12-3-4-14(19-2)13(16)9-12/h3-4,9,11H,5-8,10H2,1-2H3. The molecule has 1 aliphatic heterocycles. The number of ether oxygens (including phenoxy) is 1. The molecule has 1 fully saturated rings. The van der Waals surface area contributed by atoms with E-state index in [1.807, 2.05) is 4.90 Å². The summed E-state index contributed by atoms with van der Waals surface area (Å²) in [6.45, 7) is 3.85. The molecule has 0 aromatic heterocycles. The molecule has 3 nitrogen and oxygen atoms in total. The van der Waals surface area contributed by atoms with E-state index in [-0.39, 0.29) is 18.1 Å². The van der Waals surface area contributed by atoms with Crippen LogP contribution in [-0.4, -0.2) is 31.0 Å². The molecule has 1 amide bonds. The van der Waals surface area contributed by atoms with Crippen LogP contribution in [0, 0.1) is 11.7 Å². The summed E-state index contributed by atoms with van der Waals surface area (Å²) in [6.07, 6.45) is 2.38. The van der Waals surface area contributed by atoms with Crippen molar-refractivity contribution in [3.63, 3.8) is 0 Å². The van der Waals surface area contributed by atoms with E-state index in [1.165, 1.54) is 13.2 Å². The van der Waals surface area contributed by atoms with Crippen molar-refractivity contribution in [1.29, 1.82) is 0 Å². The van der Waals surface area contributed by atoms with Crippen molar-refractivity contribution in [2.45, 2.75) is 26.2 Å². The van der Waals surface area contributed by atoms with E-state index < -0.39 is 5.82 Å². The SMILES string of the molecule is COc1ccc(CC(=O)N2CCC(C)CC2)cc1F. The summed E-state index contributed by atoms with van der Waals surface area (Å²) >= 11 is 0. The lowest BCUT2D eigenvalue weighted by Crippen LogP contribution is -2.38. The maximum Gasteiger partial charge on any atom is 0.226 e. The second kappa shape index (κ2) is 6.04. The molecule has 4 heteroatoms. The van der Waals surface area contributed by atoms with E-state index in [9.17, 15) is 9.18 Å². The number of carbonyl (C=O) groups is 1. The zero-order valence-electron chi connectivity index (χ0n) is 11.5. The molecular formula is C15H20FNO2. The summed E-state index contributed by atoms with van der Waals surface area (Å²) in [5.74, 6) is 0.571. The third kappa shape index (κ3) is 3.46. The quantitative estimate of drug-likeness (QED) is 0.841. The van der Waals surface area contributed by atoms with Crippen molar-refractivity contribution < 1.29 is 13.9 Å². The van der Waals surface area contributed by atoms with Gasteiger partial charge in [-0.1, -0.05) is 13.0 Å². The van der Waals surface area contributed by atoms with Crippen molar-refractivity contribution in [1.82, 2.24) is 4.90 Å². The molecule has 104 valence electrons. The zero-order chi connectivity index (χ0) is 13.8. The summed E-state index contributed by atoms with van der Waals surface area (Å²) in [5, 5.41) is 0. The number of likely N-dealkylation sites (tertiary alicyclic amines) is 1. The highest BCUT2D eigenvalue weighted by Gasteiger charge is 2.20. The van der Waals surface area contributed by atoms with E-state index in [0.29, 0.717) is 11.5 Å². The highest BCUT2D eigenvalue weighted by atomic mass is 19.1. The summed E-state index contributed by atoms with van der Waals surface area (Å²) in [5.41, 5.74) is 0.696. The van der Waals surface area contributed by atoms with Crippen LogP contribution in [0.5, 0.6) is 5.75 Å². The van der Waals surface area contributed by atoms with Crippen LogP contribution in [0.2, 0.25) is 0 Å². The fourth-order valence-electron chi connectivity index (χ4n) is 2.36. The molecule has 1 aromatic rings. The largest absolute Gasteiger partial charge is 0.494 e. The lowest BCUT2D eigenvalue weighted by atomic mass is 9.98. The molecule has 0 unspecified atom stereocenters. The Bertz CT molecular complexity index is 453. The molecule has 0 N–H and O–H groups in total. The van der Waals surface area contributed by atoms with Gasteiger partial charge in [0.05, 0.1) is 13.5 Å². The Labute approximate surface area is 113 Å². The molecule has 1 heterocycles. The molecule has 2 rings (SSSR count). The lowest BCUT2D eigenvalue weighted by Gasteiger charge is -2.30. The number of rotatable bonds is 3. The highest BCUT2D eigenvalue weighted by molar-refractivity contribution is 5.78. The lowest BCUT2D eigenvalue weighted by molar-refractivity contribution is -0.131. The minimum Gasteiger partial charge on any atom is -0.494 e. The Morgan fingerprint density at radius 2 is 2.11 bits per heavy atom. The molecule has 1 saturated heterocycles. The van der Waals surface area contributed by atoms with E-state index in [4.69, 9.17) is 4.74 Å². The summed E-state index contributed by atoms with van der Waals surface area (Å²) < 4.78 is 18.4. The molecule has 0 spiro atoms. The number of hydrogen-bond acceptors (Lipinski definition) is 2. The van der Waals surface area contributed by atoms with Crippen molar-refractivity contribution in [2.24, 2.45) is 5.92 Å². The van der Waals surface area contributed by atoms with E-state index in [0.717, 1.165) is 25.9 Å². The number of carbonyl (C=O) groups excluding carboxylic acids is 1. The van der Waals surface area contributed by atoms with Gasteiger partial charge in [0.25, 0.3) is 0 Å². The van der Waals surface area contributed by atoms with Crippen LogP contribution >= 0.6 is 0 Å². The molecule has 0 bridgehead atoms. The molecule has 0 radical (unpaired) electrons. The monoisotopic (exact) mass is 265 g/mol. The summed E-state index contributed by atoms with van der Waals surface area (Å²) in [4.78, 5) is 14.0. The van der Waals surface area contributed by atoms with Gasteiger partial charge in [-0.2, -0.15) is 0 Å². The van der Waals surface area contributed by atoms with Crippen LogP contribution in [0.1, 0.15) is 25.3 Å². The Morgan fingerprint density at radius 3 is 2.68 bits per heavy atom. The van der Waals surface area contributed by atoms with Gasteiger partial charge >= 0.3 is 0 Å². The summed E-state index contributed by atoms with van der Waals surface area (Å²) in [6, 6.07) is 4.69. The van der Waals surface area contributed by atoms with Crippen LogP contribution < -0.4 is 4.74 Å². The number of hydrogen-bond donors (Lipinski definition) is 0. The number of piperidine rings is 1. The van der Waals surface area contributed by atoms with Crippen LogP contribution in [0.15, 0.2) is 18.2 Å². The van der Waals surface area contributed by atoms with Crippen molar-refractivity contribution in [2.75, 3.05) is 20.2 Å². The Hall–Kier alpha value is -1.58. The Balaban J connectivity index is 1.97. The Morgan fingerprint density at radius 1 is 1.42 bits per heavy atom. The van der Waals surface area contributed by atoms with Crippen LogP contribution in [0.25, 0.3) is 0 Å². The first-order valence-corrected chi connectivity index (χ1v) is 6.70. The minimum absolute atomic E-state index is 0.0801. The first-order valence-electron chi connectivity index (χ1n) is 6.70. The Kier molecular flexibility index (Phi) is 4.40. The van der Waals surface area contributed by atoms with Gasteiger partial charge in [-0.15, -0.1) is 0 Å². The van der Waals surface area contributed by atoms with Crippen LogP contribution in [-0.2, 0) is 11.2 Å². The number of amides is 1. The first kappa shape index (κ1) is 13.8. The molecule has 1 aromatic carbocycles. The molecule has 0 atom stereocenters. The van der Waals surface area contributed by atoms with Gasteiger partial charge in [0, 0.05) is 13.1 Å². The van der Waals surface area contributed by atoms with E-state index >= 15 is 0 Å². The highest BCUT2D eigenvalue weighted by Crippen LogP contribution is 2.20. The smallest absolute Gasteiger partial charge is 0.226 e. The predicted octanol–water partition coefficient (Wildman–Crippen LogP) is 2.64.